The number of hydrogen-bond acceptors (Lipinski definition) is 7. The van der Waals surface area contributed by atoms with Gasteiger partial charge in [-0.05, 0) is 24.1 Å². The van der Waals surface area contributed by atoms with Gasteiger partial charge in [0.25, 0.3) is 0 Å². The van der Waals surface area contributed by atoms with Crippen LogP contribution in [0.5, 0.6) is 11.5 Å². The number of carbonyl (C=O) groups excluding carboxylic acids is 1. The molecule has 4 rings (SSSR count). The minimum atomic E-state index is 0.0172. The van der Waals surface area contributed by atoms with Crippen molar-refractivity contribution in [3.63, 3.8) is 0 Å². The molecule has 1 fully saturated rings. The maximum Gasteiger partial charge on any atom is 0.231 e. The van der Waals surface area contributed by atoms with Crippen molar-refractivity contribution in [3.05, 3.63) is 34.8 Å². The lowest BCUT2D eigenvalue weighted by atomic mass is 10.1. The summed E-state index contributed by atoms with van der Waals surface area (Å²) in [6, 6.07) is 5.79. The van der Waals surface area contributed by atoms with Crippen molar-refractivity contribution in [3.8, 4) is 11.5 Å². The molecule has 3 heterocycles. The number of amides is 1. The third-order valence-electron chi connectivity index (χ3n) is 4.37. The Morgan fingerprint density at radius 1 is 1.23 bits per heavy atom. The number of hydrogen-bond donors (Lipinski definition) is 1. The summed E-state index contributed by atoms with van der Waals surface area (Å²) in [6.45, 7) is 3.95. The molecule has 0 spiro atoms. The summed E-state index contributed by atoms with van der Waals surface area (Å²) >= 11 is 1.61. The van der Waals surface area contributed by atoms with Crippen LogP contribution in [0.3, 0.4) is 0 Å². The number of fused-ring (bicyclic) bond motifs is 1. The predicted molar refractivity (Wildman–Crippen MR) is 97.9 cm³/mol. The van der Waals surface area contributed by atoms with Gasteiger partial charge >= 0.3 is 0 Å². The van der Waals surface area contributed by atoms with Gasteiger partial charge in [-0.15, -0.1) is 11.3 Å². The molecule has 7 nitrogen and oxygen atoms in total. The molecule has 1 amide bonds. The van der Waals surface area contributed by atoms with Crippen LogP contribution < -0.4 is 19.7 Å². The first-order valence-electron chi connectivity index (χ1n) is 8.70. The van der Waals surface area contributed by atoms with Crippen LogP contribution >= 0.6 is 11.3 Å². The maximum absolute atomic E-state index is 12.1. The second-order valence-electron chi connectivity index (χ2n) is 6.19. The second-order valence-corrected chi connectivity index (χ2v) is 7.02. The number of thiazole rings is 1. The molecule has 1 aromatic heterocycles. The highest BCUT2D eigenvalue weighted by Gasteiger charge is 2.15. The lowest BCUT2D eigenvalue weighted by molar-refractivity contribution is -0.121. The quantitative estimate of drug-likeness (QED) is 0.832. The van der Waals surface area contributed by atoms with Crippen LogP contribution in [0, 0.1) is 0 Å². The summed E-state index contributed by atoms with van der Waals surface area (Å²) in [5.41, 5.74) is 1.96. The van der Waals surface area contributed by atoms with Gasteiger partial charge in [0.05, 0.1) is 25.5 Å². The Balaban J connectivity index is 1.23. The zero-order chi connectivity index (χ0) is 17.8. The molecule has 0 bridgehead atoms. The molecule has 2 aliphatic heterocycles. The molecule has 0 unspecified atom stereocenters. The molecule has 8 heteroatoms. The van der Waals surface area contributed by atoms with Crippen molar-refractivity contribution in [1.82, 2.24) is 10.3 Å². The van der Waals surface area contributed by atoms with E-state index in [1.54, 1.807) is 11.3 Å². The Morgan fingerprint density at radius 2 is 2.08 bits per heavy atom. The highest BCUT2D eigenvalue weighted by Crippen LogP contribution is 2.32. The fourth-order valence-electron chi connectivity index (χ4n) is 2.91. The van der Waals surface area contributed by atoms with Crippen molar-refractivity contribution in [2.24, 2.45) is 0 Å². The van der Waals surface area contributed by atoms with Gasteiger partial charge in [0.1, 0.15) is 0 Å². The molecule has 0 atom stereocenters. The minimum absolute atomic E-state index is 0.0172. The number of ether oxygens (including phenoxy) is 3. The van der Waals surface area contributed by atoms with E-state index in [9.17, 15) is 4.79 Å². The van der Waals surface area contributed by atoms with E-state index in [0.29, 0.717) is 19.4 Å². The number of morpholine rings is 1. The molecule has 1 saturated heterocycles. The van der Waals surface area contributed by atoms with Gasteiger partial charge < -0.3 is 24.4 Å². The number of nitrogens with one attached hydrogen (secondary N) is 1. The van der Waals surface area contributed by atoms with E-state index in [1.165, 1.54) is 0 Å². The van der Waals surface area contributed by atoms with Gasteiger partial charge in [-0.2, -0.15) is 0 Å². The molecule has 0 aliphatic carbocycles. The Bertz CT molecular complexity index is 774. The summed E-state index contributed by atoms with van der Waals surface area (Å²) < 4.78 is 16.0. The van der Waals surface area contributed by atoms with E-state index in [-0.39, 0.29) is 12.7 Å². The third kappa shape index (κ3) is 4.08. The number of aryl methyl sites for hydroxylation is 1. The Labute approximate surface area is 155 Å². The smallest absolute Gasteiger partial charge is 0.231 e. The van der Waals surface area contributed by atoms with Crippen molar-refractivity contribution >= 4 is 22.4 Å². The van der Waals surface area contributed by atoms with E-state index in [1.807, 2.05) is 23.6 Å². The van der Waals surface area contributed by atoms with Crippen molar-refractivity contribution in [2.45, 2.75) is 19.4 Å². The molecular formula is C18H21N3O4S. The molecule has 0 radical (unpaired) electrons. The van der Waals surface area contributed by atoms with E-state index in [0.717, 1.165) is 54.2 Å². The van der Waals surface area contributed by atoms with Crippen LogP contribution in [0.1, 0.15) is 17.7 Å². The first-order valence-corrected chi connectivity index (χ1v) is 9.58. The van der Waals surface area contributed by atoms with Crippen LogP contribution in [0.2, 0.25) is 0 Å². The number of anilines is 1. The van der Waals surface area contributed by atoms with Crippen LogP contribution in [0.25, 0.3) is 0 Å². The molecule has 2 aromatic rings. The first kappa shape index (κ1) is 17.1. The lowest BCUT2D eigenvalue weighted by Gasteiger charge is -2.26. The highest BCUT2D eigenvalue weighted by molar-refractivity contribution is 7.13. The predicted octanol–water partition coefficient (Wildman–Crippen LogP) is 1.96. The number of rotatable bonds is 6. The molecule has 2 aliphatic rings. The number of benzene rings is 1. The molecule has 0 saturated carbocycles. The van der Waals surface area contributed by atoms with Gasteiger partial charge in [-0.1, -0.05) is 6.07 Å². The molecule has 1 N–H and O–H groups in total. The van der Waals surface area contributed by atoms with Gasteiger partial charge in [0.15, 0.2) is 16.6 Å². The zero-order valence-corrected chi connectivity index (χ0v) is 15.2. The fraction of sp³-hybridized carbons (Fsp3) is 0.444. The minimum Gasteiger partial charge on any atom is -0.454 e. The summed E-state index contributed by atoms with van der Waals surface area (Å²) in [7, 11) is 0. The molecular weight excluding hydrogens is 354 g/mol. The van der Waals surface area contributed by atoms with Crippen molar-refractivity contribution in [2.75, 3.05) is 38.0 Å². The van der Waals surface area contributed by atoms with Gasteiger partial charge in [0.2, 0.25) is 12.7 Å². The standard InChI is InChI=1S/C18H21N3O4S/c22-17(4-2-13-1-3-15-16(9-13)25-12-24-15)19-10-14-11-26-18(20-14)21-5-7-23-8-6-21/h1,3,9,11H,2,4-8,10,12H2,(H,19,22). The average molecular weight is 375 g/mol. The first-order chi connectivity index (χ1) is 12.8. The van der Waals surface area contributed by atoms with E-state index in [2.05, 4.69) is 15.2 Å². The Morgan fingerprint density at radius 3 is 2.96 bits per heavy atom. The molecule has 26 heavy (non-hydrogen) atoms. The van der Waals surface area contributed by atoms with Crippen LogP contribution in [0.15, 0.2) is 23.6 Å². The van der Waals surface area contributed by atoms with Gasteiger partial charge in [-0.25, -0.2) is 4.98 Å². The normalized spacial score (nSPS) is 15.9. The molecule has 138 valence electrons. The molecule has 1 aromatic carbocycles. The van der Waals surface area contributed by atoms with E-state index >= 15 is 0 Å². The highest BCUT2D eigenvalue weighted by atomic mass is 32.1. The SMILES string of the molecule is O=C(CCc1ccc2c(c1)OCO2)NCc1csc(N2CCOCC2)n1. The van der Waals surface area contributed by atoms with Crippen molar-refractivity contribution < 1.29 is 19.0 Å². The fourth-order valence-corrected chi connectivity index (χ4v) is 3.79. The van der Waals surface area contributed by atoms with Crippen LogP contribution in [0.4, 0.5) is 5.13 Å². The average Bonchev–Trinajstić information content (AvgIpc) is 3.34. The van der Waals surface area contributed by atoms with Gasteiger partial charge in [-0.3, -0.25) is 4.79 Å². The number of nitrogens with zero attached hydrogens (tertiary/aromatic N) is 2. The number of aromatic nitrogens is 1. The topological polar surface area (TPSA) is 72.9 Å². The van der Waals surface area contributed by atoms with Crippen molar-refractivity contribution in [1.29, 1.82) is 0 Å². The van der Waals surface area contributed by atoms with Crippen LogP contribution in [-0.2, 0) is 22.5 Å². The van der Waals surface area contributed by atoms with E-state index in [4.69, 9.17) is 14.2 Å². The summed E-state index contributed by atoms with van der Waals surface area (Å²) in [4.78, 5) is 18.9. The monoisotopic (exact) mass is 375 g/mol. The van der Waals surface area contributed by atoms with Crippen LogP contribution in [-0.4, -0.2) is 44.0 Å². The zero-order valence-electron chi connectivity index (χ0n) is 14.4. The third-order valence-corrected chi connectivity index (χ3v) is 5.32. The largest absolute Gasteiger partial charge is 0.454 e. The van der Waals surface area contributed by atoms with Gasteiger partial charge in [0, 0.05) is 24.9 Å². The Hall–Kier alpha value is -2.32. The second kappa shape index (κ2) is 7.92. The summed E-state index contributed by atoms with van der Waals surface area (Å²) in [5, 5.41) is 5.94. The Kier molecular flexibility index (Phi) is 5.21. The maximum atomic E-state index is 12.1. The van der Waals surface area contributed by atoms with E-state index < -0.39 is 0 Å². The lowest BCUT2D eigenvalue weighted by Crippen LogP contribution is -2.36. The number of carbonyl (C=O) groups is 1. The summed E-state index contributed by atoms with van der Waals surface area (Å²) in [6.07, 6.45) is 1.10. The summed E-state index contributed by atoms with van der Waals surface area (Å²) in [5.74, 6) is 1.53.